The van der Waals surface area contributed by atoms with Crippen LogP contribution in [0.4, 0.5) is 15.8 Å². The molecule has 128 valence electrons. The van der Waals surface area contributed by atoms with Crippen LogP contribution in [0.2, 0.25) is 0 Å². The van der Waals surface area contributed by atoms with E-state index in [1.54, 1.807) is 29.5 Å². The number of hydrogen-bond acceptors (Lipinski definition) is 3. The average Bonchev–Trinajstić information content (AvgIpc) is 3.07. The first-order valence-corrected chi connectivity index (χ1v) is 8.81. The monoisotopic (exact) mass is 363 g/mol. The third-order valence-electron chi connectivity index (χ3n) is 4.08. The van der Waals surface area contributed by atoms with Crippen molar-refractivity contribution in [2.75, 3.05) is 5.32 Å². The van der Waals surface area contributed by atoms with Gasteiger partial charge in [0.1, 0.15) is 5.82 Å². The van der Waals surface area contributed by atoms with Gasteiger partial charge in [-0.05, 0) is 59.5 Å². The van der Waals surface area contributed by atoms with Crippen LogP contribution in [0.25, 0.3) is 20.5 Å². The quantitative estimate of drug-likeness (QED) is 0.457. The Morgan fingerprint density at radius 1 is 0.962 bits per heavy atom. The Hall–Kier alpha value is -3.18. The number of rotatable bonds is 4. The second-order valence-electron chi connectivity index (χ2n) is 5.85. The lowest BCUT2D eigenvalue weighted by atomic mass is 10.1. The van der Waals surface area contributed by atoms with Crippen molar-refractivity contribution < 1.29 is 14.3 Å². The van der Waals surface area contributed by atoms with Crippen LogP contribution in [-0.4, -0.2) is 11.1 Å². The lowest BCUT2D eigenvalue weighted by molar-refractivity contribution is 0.0698. The molecule has 0 radical (unpaired) electrons. The van der Waals surface area contributed by atoms with Gasteiger partial charge in [-0.3, -0.25) is 0 Å². The van der Waals surface area contributed by atoms with Gasteiger partial charge in [-0.15, -0.1) is 11.3 Å². The van der Waals surface area contributed by atoms with Gasteiger partial charge < -0.3 is 10.4 Å². The van der Waals surface area contributed by atoms with Crippen molar-refractivity contribution in [3.63, 3.8) is 0 Å². The molecular formula is C21H14FNO2S. The Kier molecular flexibility index (Phi) is 4.14. The first-order chi connectivity index (χ1) is 12.6. The van der Waals surface area contributed by atoms with Gasteiger partial charge in [-0.25, -0.2) is 9.18 Å². The van der Waals surface area contributed by atoms with E-state index in [0.717, 1.165) is 15.8 Å². The maximum absolute atomic E-state index is 13.1. The fraction of sp³-hybridized carbons (Fsp3) is 0. The highest BCUT2D eigenvalue weighted by atomic mass is 32.1. The molecule has 1 heterocycles. The van der Waals surface area contributed by atoms with E-state index in [1.165, 1.54) is 16.8 Å². The van der Waals surface area contributed by atoms with Crippen LogP contribution in [0.3, 0.4) is 0 Å². The Morgan fingerprint density at radius 3 is 2.46 bits per heavy atom. The highest BCUT2D eigenvalue weighted by Gasteiger charge is 2.13. The molecule has 0 spiro atoms. The summed E-state index contributed by atoms with van der Waals surface area (Å²) in [5, 5.41) is 13.7. The number of thiophene rings is 1. The number of aromatic carboxylic acids is 1. The molecule has 26 heavy (non-hydrogen) atoms. The maximum atomic E-state index is 13.1. The van der Waals surface area contributed by atoms with E-state index >= 15 is 0 Å². The number of benzene rings is 3. The van der Waals surface area contributed by atoms with Crippen molar-refractivity contribution in [2.45, 2.75) is 0 Å². The van der Waals surface area contributed by atoms with E-state index in [2.05, 4.69) is 23.5 Å². The number of halogens is 1. The smallest absolute Gasteiger partial charge is 0.337 e. The van der Waals surface area contributed by atoms with Gasteiger partial charge in [0, 0.05) is 15.3 Å². The molecule has 2 N–H and O–H groups in total. The van der Waals surface area contributed by atoms with E-state index in [-0.39, 0.29) is 11.4 Å². The topological polar surface area (TPSA) is 49.3 Å². The molecule has 0 saturated heterocycles. The van der Waals surface area contributed by atoms with Gasteiger partial charge in [-0.1, -0.05) is 24.3 Å². The molecule has 0 aliphatic rings. The van der Waals surface area contributed by atoms with E-state index < -0.39 is 5.97 Å². The first kappa shape index (κ1) is 16.3. The molecule has 0 amide bonds. The summed E-state index contributed by atoms with van der Waals surface area (Å²) in [6.45, 7) is 0. The summed E-state index contributed by atoms with van der Waals surface area (Å²) >= 11 is 1.66. The molecule has 0 bridgehead atoms. The Balaban J connectivity index is 1.77. The maximum Gasteiger partial charge on any atom is 0.337 e. The molecule has 5 heteroatoms. The predicted molar refractivity (Wildman–Crippen MR) is 104 cm³/mol. The molecule has 3 aromatic carbocycles. The molecule has 0 unspecified atom stereocenters. The zero-order valence-electron chi connectivity index (χ0n) is 13.6. The number of fused-ring (bicyclic) bond motifs is 1. The number of nitrogens with one attached hydrogen (secondary N) is 1. The van der Waals surface area contributed by atoms with Gasteiger partial charge in [-0.2, -0.15) is 0 Å². The summed E-state index contributed by atoms with van der Waals surface area (Å²) in [5.74, 6) is -1.36. The Morgan fingerprint density at radius 2 is 1.73 bits per heavy atom. The lowest BCUT2D eigenvalue weighted by Crippen LogP contribution is -2.03. The van der Waals surface area contributed by atoms with Crippen LogP contribution in [0, 0.1) is 5.82 Å². The molecule has 0 aliphatic heterocycles. The number of carboxylic acid groups (broad SMARTS) is 1. The molecule has 4 rings (SSSR count). The number of hydrogen-bond donors (Lipinski definition) is 2. The fourth-order valence-electron chi connectivity index (χ4n) is 2.80. The number of carbonyl (C=O) groups is 1. The van der Waals surface area contributed by atoms with E-state index in [4.69, 9.17) is 0 Å². The van der Waals surface area contributed by atoms with Crippen molar-refractivity contribution in [3.05, 3.63) is 84.2 Å². The molecule has 3 nitrogen and oxygen atoms in total. The van der Waals surface area contributed by atoms with Crippen LogP contribution in [0.5, 0.6) is 0 Å². The van der Waals surface area contributed by atoms with Crippen molar-refractivity contribution in [3.8, 4) is 10.4 Å². The summed E-state index contributed by atoms with van der Waals surface area (Å²) < 4.78 is 14.3. The average molecular weight is 363 g/mol. The molecule has 1 aromatic heterocycles. The summed E-state index contributed by atoms with van der Waals surface area (Å²) in [5.41, 5.74) is 2.20. The summed E-state index contributed by atoms with van der Waals surface area (Å²) in [7, 11) is 0. The van der Waals surface area contributed by atoms with E-state index in [1.807, 2.05) is 24.3 Å². The third-order valence-corrected chi connectivity index (χ3v) is 5.25. The van der Waals surface area contributed by atoms with Gasteiger partial charge in [0.15, 0.2) is 0 Å². The van der Waals surface area contributed by atoms with Gasteiger partial charge >= 0.3 is 5.97 Å². The molecule has 0 atom stereocenters. The molecule has 0 fully saturated rings. The zero-order valence-corrected chi connectivity index (χ0v) is 14.4. The van der Waals surface area contributed by atoms with Crippen LogP contribution >= 0.6 is 11.3 Å². The molecular weight excluding hydrogens is 349 g/mol. The van der Waals surface area contributed by atoms with Crippen LogP contribution in [-0.2, 0) is 0 Å². The minimum Gasteiger partial charge on any atom is -0.478 e. The third kappa shape index (κ3) is 3.17. The SMILES string of the molecule is O=C(O)c1ccc(-c2cc3ccccc3s2)cc1Nc1ccc(F)cc1. The predicted octanol–water partition coefficient (Wildman–Crippen LogP) is 6.15. The van der Waals surface area contributed by atoms with Crippen molar-refractivity contribution in [1.82, 2.24) is 0 Å². The first-order valence-electron chi connectivity index (χ1n) is 7.99. The van der Waals surface area contributed by atoms with Gasteiger partial charge in [0.25, 0.3) is 0 Å². The minimum absolute atomic E-state index is 0.166. The normalized spacial score (nSPS) is 10.8. The van der Waals surface area contributed by atoms with E-state index in [0.29, 0.717) is 11.4 Å². The standard InChI is InChI=1S/C21H14FNO2S/c22-15-6-8-16(9-7-15)23-18-11-14(5-10-17(18)21(24)25)20-12-13-3-1-2-4-19(13)26-20/h1-12,23H,(H,24,25). The number of anilines is 2. The molecule has 4 aromatic rings. The van der Waals surface area contributed by atoms with Crippen molar-refractivity contribution in [1.29, 1.82) is 0 Å². The fourth-order valence-corrected chi connectivity index (χ4v) is 3.86. The highest BCUT2D eigenvalue weighted by Crippen LogP contribution is 2.35. The van der Waals surface area contributed by atoms with Gasteiger partial charge in [0.05, 0.1) is 11.3 Å². The highest BCUT2D eigenvalue weighted by molar-refractivity contribution is 7.22. The van der Waals surface area contributed by atoms with Crippen LogP contribution < -0.4 is 5.32 Å². The van der Waals surface area contributed by atoms with Gasteiger partial charge in [0.2, 0.25) is 0 Å². The van der Waals surface area contributed by atoms with Crippen LogP contribution in [0.1, 0.15) is 10.4 Å². The summed E-state index contributed by atoms with van der Waals surface area (Å²) in [6, 6.07) is 21.2. The van der Waals surface area contributed by atoms with Crippen molar-refractivity contribution >= 4 is 38.8 Å². The second kappa shape index (κ2) is 6.61. The summed E-state index contributed by atoms with van der Waals surface area (Å²) in [6.07, 6.45) is 0. The minimum atomic E-state index is -1.02. The molecule has 0 aliphatic carbocycles. The van der Waals surface area contributed by atoms with Crippen LogP contribution in [0.15, 0.2) is 72.8 Å². The van der Waals surface area contributed by atoms with E-state index in [9.17, 15) is 14.3 Å². The lowest BCUT2D eigenvalue weighted by Gasteiger charge is -2.11. The van der Waals surface area contributed by atoms with Crippen molar-refractivity contribution in [2.24, 2.45) is 0 Å². The largest absolute Gasteiger partial charge is 0.478 e. The Bertz CT molecular complexity index is 1070. The summed E-state index contributed by atoms with van der Waals surface area (Å²) in [4.78, 5) is 12.6. The number of carboxylic acids is 1. The zero-order chi connectivity index (χ0) is 18.1. The second-order valence-corrected chi connectivity index (χ2v) is 6.93. The molecule has 0 saturated carbocycles. The Labute approximate surface area is 153 Å².